The summed E-state index contributed by atoms with van der Waals surface area (Å²) in [6.07, 6.45) is 0. The normalized spacial score (nSPS) is 22.2. The first-order valence-electron chi connectivity index (χ1n) is 8.54. The molecule has 0 amide bonds. The van der Waals surface area contributed by atoms with Crippen molar-refractivity contribution in [1.82, 2.24) is 5.32 Å². The maximum absolute atomic E-state index is 13.7. The van der Waals surface area contributed by atoms with Crippen molar-refractivity contribution < 1.29 is 23.0 Å². The Bertz CT molecular complexity index is 779. The monoisotopic (exact) mass is 361 g/mol. The Morgan fingerprint density at radius 2 is 1.81 bits per heavy atom. The van der Waals surface area contributed by atoms with Crippen molar-refractivity contribution in [3.63, 3.8) is 0 Å². The molecule has 2 aromatic carbocycles. The largest absolute Gasteiger partial charge is 0.497 e. The van der Waals surface area contributed by atoms with E-state index in [0.717, 1.165) is 23.4 Å². The van der Waals surface area contributed by atoms with E-state index in [1.165, 1.54) is 6.07 Å². The van der Waals surface area contributed by atoms with E-state index in [2.05, 4.69) is 5.32 Å². The van der Waals surface area contributed by atoms with Crippen LogP contribution in [0.1, 0.15) is 30.0 Å². The first-order chi connectivity index (χ1) is 12.5. The summed E-state index contributed by atoms with van der Waals surface area (Å²) in [5, 5.41) is 3.32. The Morgan fingerprint density at radius 1 is 1.12 bits per heavy atom. The summed E-state index contributed by atoms with van der Waals surface area (Å²) in [5.41, 5.74) is 1.49. The molecule has 3 rings (SSSR count). The van der Waals surface area contributed by atoms with Gasteiger partial charge in [0.1, 0.15) is 5.75 Å². The molecule has 0 spiro atoms. The summed E-state index contributed by atoms with van der Waals surface area (Å²) in [6.45, 7) is 2.47. The molecular formula is C20H21F2NO3. The van der Waals surface area contributed by atoms with Crippen LogP contribution in [-0.2, 0) is 9.53 Å². The van der Waals surface area contributed by atoms with Crippen LogP contribution in [0.3, 0.4) is 0 Å². The number of rotatable bonds is 5. The van der Waals surface area contributed by atoms with Crippen LogP contribution in [0.15, 0.2) is 42.5 Å². The maximum Gasteiger partial charge on any atom is 0.311 e. The number of benzene rings is 2. The molecule has 1 aliphatic heterocycles. The van der Waals surface area contributed by atoms with E-state index in [4.69, 9.17) is 9.47 Å². The third kappa shape index (κ3) is 3.55. The average Bonchev–Trinajstić information content (AvgIpc) is 3.09. The predicted octanol–water partition coefficient (Wildman–Crippen LogP) is 3.58. The summed E-state index contributed by atoms with van der Waals surface area (Å²) < 4.78 is 37.4. The minimum atomic E-state index is -0.919. The van der Waals surface area contributed by atoms with Gasteiger partial charge in [-0.25, -0.2) is 8.78 Å². The molecule has 138 valence electrons. The number of nitrogens with one attached hydrogen (secondary N) is 1. The van der Waals surface area contributed by atoms with E-state index in [1.807, 2.05) is 24.3 Å². The standard InChI is InChI=1S/C20H21F2NO3/c1-3-26-20(24)18-15(13-6-9-16(21)17(22)10-13)11-23-19(18)12-4-7-14(25-2)8-5-12/h4-10,15,18-19,23H,3,11H2,1-2H3/t15-,18+,19+/m1/s1. The Hall–Kier alpha value is -2.47. The number of carbonyl (C=O) groups is 1. The lowest BCUT2D eigenvalue weighted by molar-refractivity contribution is -0.148. The molecule has 0 radical (unpaired) electrons. The molecule has 1 heterocycles. The van der Waals surface area contributed by atoms with Crippen LogP contribution >= 0.6 is 0 Å². The number of esters is 1. The fourth-order valence-corrected chi connectivity index (χ4v) is 3.48. The second kappa shape index (κ2) is 7.83. The van der Waals surface area contributed by atoms with Gasteiger partial charge in [0.05, 0.1) is 19.6 Å². The highest BCUT2D eigenvalue weighted by molar-refractivity contribution is 5.75. The molecule has 1 N–H and O–H groups in total. The van der Waals surface area contributed by atoms with E-state index in [1.54, 1.807) is 14.0 Å². The molecule has 6 heteroatoms. The van der Waals surface area contributed by atoms with Crippen LogP contribution in [0.5, 0.6) is 5.75 Å². The molecule has 0 bridgehead atoms. The van der Waals surface area contributed by atoms with Gasteiger partial charge in [-0.15, -0.1) is 0 Å². The van der Waals surface area contributed by atoms with Gasteiger partial charge in [0.15, 0.2) is 11.6 Å². The number of methoxy groups -OCH3 is 1. The third-order valence-electron chi connectivity index (χ3n) is 4.76. The Kier molecular flexibility index (Phi) is 5.52. The number of hydrogen-bond donors (Lipinski definition) is 1. The third-order valence-corrected chi connectivity index (χ3v) is 4.76. The Morgan fingerprint density at radius 3 is 2.42 bits per heavy atom. The molecule has 4 nitrogen and oxygen atoms in total. The van der Waals surface area contributed by atoms with Gasteiger partial charge in [-0.05, 0) is 42.3 Å². The molecule has 1 saturated heterocycles. The van der Waals surface area contributed by atoms with Gasteiger partial charge in [-0.2, -0.15) is 0 Å². The second-order valence-corrected chi connectivity index (χ2v) is 6.22. The van der Waals surface area contributed by atoms with Crippen LogP contribution in [0.2, 0.25) is 0 Å². The lowest BCUT2D eigenvalue weighted by atomic mass is 9.83. The number of ether oxygens (including phenoxy) is 2. The van der Waals surface area contributed by atoms with Crippen molar-refractivity contribution in [1.29, 1.82) is 0 Å². The Labute approximate surface area is 151 Å². The van der Waals surface area contributed by atoms with E-state index in [-0.39, 0.29) is 24.5 Å². The first kappa shape index (κ1) is 18.3. The van der Waals surface area contributed by atoms with Crippen molar-refractivity contribution in [3.05, 3.63) is 65.2 Å². The maximum atomic E-state index is 13.7. The Balaban J connectivity index is 1.94. The quantitative estimate of drug-likeness (QED) is 0.827. The average molecular weight is 361 g/mol. The van der Waals surface area contributed by atoms with Crippen molar-refractivity contribution in [2.45, 2.75) is 18.9 Å². The lowest BCUT2D eigenvalue weighted by Gasteiger charge is -2.23. The zero-order valence-corrected chi connectivity index (χ0v) is 14.7. The number of hydrogen-bond acceptors (Lipinski definition) is 4. The van der Waals surface area contributed by atoms with Gasteiger partial charge in [0.2, 0.25) is 0 Å². The van der Waals surface area contributed by atoms with E-state index in [0.29, 0.717) is 12.1 Å². The topological polar surface area (TPSA) is 47.6 Å². The highest BCUT2D eigenvalue weighted by Crippen LogP contribution is 2.41. The second-order valence-electron chi connectivity index (χ2n) is 6.22. The van der Waals surface area contributed by atoms with Crippen LogP contribution in [0.25, 0.3) is 0 Å². The van der Waals surface area contributed by atoms with Gasteiger partial charge in [0, 0.05) is 18.5 Å². The smallest absolute Gasteiger partial charge is 0.311 e. The highest BCUT2D eigenvalue weighted by Gasteiger charge is 2.43. The summed E-state index contributed by atoms with van der Waals surface area (Å²) in [7, 11) is 1.59. The van der Waals surface area contributed by atoms with Crippen LogP contribution < -0.4 is 10.1 Å². The van der Waals surface area contributed by atoms with Crippen LogP contribution in [0.4, 0.5) is 8.78 Å². The van der Waals surface area contributed by atoms with Crippen molar-refractivity contribution in [2.75, 3.05) is 20.3 Å². The van der Waals surface area contributed by atoms with Crippen LogP contribution in [-0.4, -0.2) is 26.2 Å². The molecule has 26 heavy (non-hydrogen) atoms. The van der Waals surface area contributed by atoms with E-state index < -0.39 is 17.6 Å². The van der Waals surface area contributed by atoms with E-state index >= 15 is 0 Å². The SMILES string of the molecule is CCOC(=O)[C@H]1[C@@H](c2ccc(F)c(F)c2)CN[C@H]1c1ccc(OC)cc1. The van der Waals surface area contributed by atoms with Gasteiger partial charge in [-0.3, -0.25) is 4.79 Å². The zero-order chi connectivity index (χ0) is 18.7. The van der Waals surface area contributed by atoms with Crippen molar-refractivity contribution >= 4 is 5.97 Å². The van der Waals surface area contributed by atoms with Crippen molar-refractivity contribution in [3.8, 4) is 5.75 Å². The number of carbonyl (C=O) groups excluding carboxylic acids is 1. The minimum Gasteiger partial charge on any atom is -0.497 e. The summed E-state index contributed by atoms with van der Waals surface area (Å²) in [6, 6.07) is 10.9. The van der Waals surface area contributed by atoms with Gasteiger partial charge < -0.3 is 14.8 Å². The summed E-state index contributed by atoms with van der Waals surface area (Å²) in [4.78, 5) is 12.6. The van der Waals surface area contributed by atoms with Gasteiger partial charge >= 0.3 is 5.97 Å². The van der Waals surface area contributed by atoms with E-state index in [9.17, 15) is 13.6 Å². The fourth-order valence-electron chi connectivity index (χ4n) is 3.48. The summed E-state index contributed by atoms with van der Waals surface area (Å²) >= 11 is 0. The number of halogens is 2. The lowest BCUT2D eigenvalue weighted by Crippen LogP contribution is -2.27. The minimum absolute atomic E-state index is 0.259. The highest BCUT2D eigenvalue weighted by atomic mass is 19.2. The first-order valence-corrected chi connectivity index (χ1v) is 8.54. The fraction of sp³-hybridized carbons (Fsp3) is 0.350. The zero-order valence-electron chi connectivity index (χ0n) is 14.7. The molecule has 1 aliphatic rings. The van der Waals surface area contributed by atoms with Gasteiger partial charge in [0.25, 0.3) is 0 Å². The molecule has 0 aromatic heterocycles. The van der Waals surface area contributed by atoms with Crippen molar-refractivity contribution in [2.24, 2.45) is 5.92 Å². The molecule has 0 unspecified atom stereocenters. The molecule has 2 aromatic rings. The predicted molar refractivity (Wildman–Crippen MR) is 93.0 cm³/mol. The molecule has 0 saturated carbocycles. The molecule has 0 aliphatic carbocycles. The van der Waals surface area contributed by atoms with Crippen LogP contribution in [0, 0.1) is 17.6 Å². The summed E-state index contributed by atoms with van der Waals surface area (Å²) in [5.74, 6) is -2.30. The molecule has 3 atom stereocenters. The van der Waals surface area contributed by atoms with Gasteiger partial charge in [-0.1, -0.05) is 18.2 Å². The molecule has 1 fully saturated rings. The molecular weight excluding hydrogens is 340 g/mol.